The van der Waals surface area contributed by atoms with Crippen LogP contribution in [-0.4, -0.2) is 22.6 Å². The number of H-pyrrole nitrogens is 1. The van der Waals surface area contributed by atoms with Gasteiger partial charge < -0.3 is 9.72 Å². The van der Waals surface area contributed by atoms with E-state index in [1.165, 1.54) is 7.11 Å². The number of hydrogen-bond donors (Lipinski definition) is 1. The molecule has 1 unspecified atom stereocenters. The predicted octanol–water partition coefficient (Wildman–Crippen LogP) is 2.82. The Morgan fingerprint density at radius 2 is 2.20 bits per heavy atom. The van der Waals surface area contributed by atoms with Crippen LogP contribution in [0.2, 0.25) is 0 Å². The first-order chi connectivity index (χ1) is 9.49. The highest BCUT2D eigenvalue weighted by atomic mass is 32.1. The van der Waals surface area contributed by atoms with Crippen LogP contribution >= 0.6 is 12.2 Å². The third kappa shape index (κ3) is 2.38. The quantitative estimate of drug-likeness (QED) is 0.698. The average molecular weight is 292 g/mol. The minimum Gasteiger partial charge on any atom is -0.465 e. The number of carbonyl (C=O) groups is 1. The summed E-state index contributed by atoms with van der Waals surface area (Å²) in [6.45, 7) is 3.94. The van der Waals surface area contributed by atoms with E-state index < -0.39 is 5.97 Å². The highest BCUT2D eigenvalue weighted by Gasteiger charge is 2.12. The number of aromatic amines is 1. The van der Waals surface area contributed by atoms with Gasteiger partial charge in [0.05, 0.1) is 23.6 Å². The number of hydrogen-bond acceptors (Lipinski definition) is 4. The van der Waals surface area contributed by atoms with Crippen molar-refractivity contribution >= 4 is 29.1 Å². The molecule has 5 nitrogen and oxygen atoms in total. The Labute approximate surface area is 121 Å². The summed E-state index contributed by atoms with van der Waals surface area (Å²) in [5.74, 6) is -0.447. The van der Waals surface area contributed by atoms with Gasteiger partial charge in [0, 0.05) is 6.04 Å². The summed E-state index contributed by atoms with van der Waals surface area (Å²) in [6.07, 6.45) is 0.809. The average Bonchev–Trinajstić information content (AvgIpc) is 2.45. The zero-order chi connectivity index (χ0) is 14.9. The van der Waals surface area contributed by atoms with Gasteiger partial charge in [-0.15, -0.1) is 0 Å². The van der Waals surface area contributed by atoms with E-state index in [0.717, 1.165) is 6.42 Å². The van der Waals surface area contributed by atoms with Crippen LogP contribution in [0.3, 0.4) is 0 Å². The zero-order valence-electron chi connectivity index (χ0n) is 11.6. The van der Waals surface area contributed by atoms with Crippen molar-refractivity contribution in [1.82, 2.24) is 9.55 Å². The molecule has 1 aromatic carbocycles. The van der Waals surface area contributed by atoms with Gasteiger partial charge in [-0.3, -0.25) is 9.36 Å². The number of nitrogens with one attached hydrogen (secondary N) is 1. The number of carbonyl (C=O) groups excluding carboxylic acids is 1. The number of rotatable bonds is 3. The summed E-state index contributed by atoms with van der Waals surface area (Å²) in [5, 5.41) is 0.506. The fourth-order valence-corrected chi connectivity index (χ4v) is 2.43. The third-order valence-electron chi connectivity index (χ3n) is 3.38. The maximum Gasteiger partial charge on any atom is 0.337 e. The largest absolute Gasteiger partial charge is 0.465 e. The smallest absolute Gasteiger partial charge is 0.337 e. The maximum atomic E-state index is 12.5. The van der Waals surface area contributed by atoms with E-state index in [0.29, 0.717) is 21.2 Å². The van der Waals surface area contributed by atoms with E-state index in [1.54, 1.807) is 22.8 Å². The molecule has 106 valence electrons. The molecule has 0 saturated carbocycles. The predicted molar refractivity (Wildman–Crippen MR) is 79.7 cm³/mol. The molecule has 0 aliphatic rings. The Kier molecular flexibility index (Phi) is 4.04. The summed E-state index contributed by atoms with van der Waals surface area (Å²) < 4.78 is 6.59. The number of methoxy groups -OCH3 is 1. The van der Waals surface area contributed by atoms with Crippen LogP contribution in [0.1, 0.15) is 36.7 Å². The first-order valence-corrected chi connectivity index (χ1v) is 6.77. The van der Waals surface area contributed by atoms with Crippen molar-refractivity contribution in [1.29, 1.82) is 0 Å². The maximum absolute atomic E-state index is 12.5. The number of fused-ring (bicyclic) bond motifs is 1. The lowest BCUT2D eigenvalue weighted by Gasteiger charge is -2.14. The van der Waals surface area contributed by atoms with Crippen LogP contribution < -0.4 is 5.56 Å². The molecule has 0 bridgehead atoms. The van der Waals surface area contributed by atoms with Gasteiger partial charge in [-0.2, -0.15) is 0 Å². The van der Waals surface area contributed by atoms with Crippen molar-refractivity contribution in [3.63, 3.8) is 0 Å². The molecule has 0 fully saturated rings. The number of benzene rings is 1. The highest BCUT2D eigenvalue weighted by molar-refractivity contribution is 7.71. The van der Waals surface area contributed by atoms with E-state index >= 15 is 0 Å². The fourth-order valence-electron chi connectivity index (χ4n) is 2.06. The fraction of sp³-hybridized carbons (Fsp3) is 0.357. The summed E-state index contributed by atoms with van der Waals surface area (Å²) in [4.78, 5) is 27.0. The van der Waals surface area contributed by atoms with Crippen molar-refractivity contribution in [3.05, 3.63) is 38.9 Å². The number of ether oxygens (including phenoxy) is 1. The Morgan fingerprint density at radius 1 is 1.50 bits per heavy atom. The van der Waals surface area contributed by atoms with Crippen LogP contribution in [0.15, 0.2) is 23.0 Å². The molecule has 20 heavy (non-hydrogen) atoms. The Bertz CT molecular complexity index is 776. The van der Waals surface area contributed by atoms with Gasteiger partial charge in [0.15, 0.2) is 4.77 Å². The van der Waals surface area contributed by atoms with Crippen LogP contribution in [0.4, 0.5) is 0 Å². The van der Waals surface area contributed by atoms with Crippen molar-refractivity contribution in [2.75, 3.05) is 7.11 Å². The lowest BCUT2D eigenvalue weighted by atomic mass is 10.1. The Hall–Kier alpha value is -1.95. The van der Waals surface area contributed by atoms with Gasteiger partial charge >= 0.3 is 5.97 Å². The molecule has 6 heteroatoms. The molecule has 1 atom stereocenters. The first kappa shape index (κ1) is 14.5. The summed E-state index contributed by atoms with van der Waals surface area (Å²) >= 11 is 5.24. The SMILES string of the molecule is CCC(C)n1c(=S)[nH]c2cc(C(=O)OC)ccc2c1=O. The summed E-state index contributed by atoms with van der Waals surface area (Å²) in [6, 6.07) is 4.80. The van der Waals surface area contributed by atoms with Crippen LogP contribution in [-0.2, 0) is 4.74 Å². The second-order valence-electron chi connectivity index (χ2n) is 4.61. The normalized spacial score (nSPS) is 12.3. The Morgan fingerprint density at radius 3 is 2.80 bits per heavy atom. The molecule has 1 aromatic heterocycles. The second kappa shape index (κ2) is 5.58. The monoisotopic (exact) mass is 292 g/mol. The minimum atomic E-state index is -0.447. The molecule has 2 aromatic rings. The summed E-state index contributed by atoms with van der Waals surface area (Å²) in [5.41, 5.74) is 0.781. The molecule has 0 radical (unpaired) electrons. The lowest BCUT2D eigenvalue weighted by Crippen LogP contribution is -2.25. The Balaban J connectivity index is 2.74. The molecular formula is C14H16N2O3S. The third-order valence-corrected chi connectivity index (χ3v) is 3.68. The van der Waals surface area contributed by atoms with Gasteiger partial charge in [0.1, 0.15) is 0 Å². The van der Waals surface area contributed by atoms with E-state index in [9.17, 15) is 9.59 Å². The van der Waals surface area contributed by atoms with E-state index in [2.05, 4.69) is 9.72 Å². The van der Waals surface area contributed by atoms with E-state index in [4.69, 9.17) is 12.2 Å². The van der Waals surface area contributed by atoms with Crippen molar-refractivity contribution in [2.24, 2.45) is 0 Å². The van der Waals surface area contributed by atoms with Gasteiger partial charge in [-0.1, -0.05) is 6.92 Å². The standard InChI is InChI=1S/C14H16N2O3S/c1-4-8(2)16-12(17)10-6-5-9(13(18)19-3)7-11(10)15-14(16)20/h5-8H,4H2,1-3H3,(H,15,20). The molecule has 2 rings (SSSR count). The molecule has 1 heterocycles. The van der Waals surface area contributed by atoms with E-state index in [-0.39, 0.29) is 11.6 Å². The molecule has 1 N–H and O–H groups in total. The van der Waals surface area contributed by atoms with Crippen LogP contribution in [0.5, 0.6) is 0 Å². The molecule has 0 spiro atoms. The van der Waals surface area contributed by atoms with Crippen molar-refractivity contribution in [3.8, 4) is 0 Å². The van der Waals surface area contributed by atoms with Crippen LogP contribution in [0, 0.1) is 4.77 Å². The number of nitrogens with zero attached hydrogens (tertiary/aromatic N) is 1. The second-order valence-corrected chi connectivity index (χ2v) is 5.00. The zero-order valence-corrected chi connectivity index (χ0v) is 12.4. The minimum absolute atomic E-state index is 0.0240. The molecule has 0 aliphatic heterocycles. The van der Waals surface area contributed by atoms with Gasteiger partial charge in [0.2, 0.25) is 0 Å². The van der Waals surface area contributed by atoms with Gasteiger partial charge in [-0.05, 0) is 43.8 Å². The van der Waals surface area contributed by atoms with Crippen LogP contribution in [0.25, 0.3) is 10.9 Å². The van der Waals surface area contributed by atoms with Gasteiger partial charge in [-0.25, -0.2) is 4.79 Å². The molecular weight excluding hydrogens is 276 g/mol. The van der Waals surface area contributed by atoms with E-state index in [1.807, 2.05) is 13.8 Å². The number of aromatic nitrogens is 2. The topological polar surface area (TPSA) is 64.1 Å². The lowest BCUT2D eigenvalue weighted by molar-refractivity contribution is 0.0601. The van der Waals surface area contributed by atoms with Crippen molar-refractivity contribution < 1.29 is 9.53 Å². The first-order valence-electron chi connectivity index (χ1n) is 6.36. The summed E-state index contributed by atoms with van der Waals surface area (Å²) in [7, 11) is 1.32. The molecule has 0 aliphatic carbocycles. The molecule has 0 amide bonds. The highest BCUT2D eigenvalue weighted by Crippen LogP contribution is 2.14. The van der Waals surface area contributed by atoms with Crippen molar-refractivity contribution in [2.45, 2.75) is 26.3 Å². The number of esters is 1. The molecule has 0 saturated heterocycles. The van der Waals surface area contributed by atoms with Gasteiger partial charge in [0.25, 0.3) is 5.56 Å².